The Bertz CT molecular complexity index is 1290. The van der Waals surface area contributed by atoms with Crippen LogP contribution in [0.5, 0.6) is 0 Å². The zero-order valence-electron chi connectivity index (χ0n) is 18.1. The predicted octanol–water partition coefficient (Wildman–Crippen LogP) is 4.01. The molecule has 1 aliphatic rings. The van der Waals surface area contributed by atoms with Gasteiger partial charge in [0.15, 0.2) is 0 Å². The Morgan fingerprint density at radius 1 is 1.12 bits per heavy atom. The number of nitrogens with zero attached hydrogens (tertiary/aromatic N) is 4. The number of benzene rings is 2. The molecule has 1 fully saturated rings. The van der Waals surface area contributed by atoms with Crippen LogP contribution in [0.4, 0.5) is 5.82 Å². The summed E-state index contributed by atoms with van der Waals surface area (Å²) in [5.74, 6) is 1.53. The number of aliphatic hydroxyl groups is 1. The Kier molecular flexibility index (Phi) is 4.90. The quantitative estimate of drug-likeness (QED) is 0.370. The number of anilines is 1. The van der Waals surface area contributed by atoms with Gasteiger partial charge in [-0.3, -0.25) is 4.40 Å². The molecule has 3 N–H and O–H groups in total. The number of hydrogen-bond donors (Lipinski definition) is 2. The molecule has 2 aromatic carbocycles. The highest BCUT2D eigenvalue weighted by Gasteiger charge is 2.41. The lowest BCUT2D eigenvalue weighted by atomic mass is 9.72. The van der Waals surface area contributed by atoms with E-state index in [9.17, 15) is 5.11 Å². The van der Waals surface area contributed by atoms with E-state index in [0.29, 0.717) is 18.7 Å². The lowest BCUT2D eigenvalue weighted by Crippen LogP contribution is -2.40. The van der Waals surface area contributed by atoms with Crippen molar-refractivity contribution in [2.45, 2.75) is 31.3 Å². The fraction of sp³-hybridized carbons (Fsp3) is 0.240. The van der Waals surface area contributed by atoms with E-state index in [-0.39, 0.29) is 5.92 Å². The highest BCUT2D eigenvalue weighted by molar-refractivity contribution is 6.12. The Hall–Kier alpha value is -3.71. The molecule has 4 aromatic rings. The van der Waals surface area contributed by atoms with Crippen LogP contribution in [0.2, 0.25) is 0 Å². The Morgan fingerprint density at radius 2 is 1.81 bits per heavy atom. The Labute approximate surface area is 186 Å². The lowest BCUT2D eigenvalue weighted by Gasteiger charge is -2.40. The van der Waals surface area contributed by atoms with Crippen molar-refractivity contribution in [2.24, 2.45) is 5.16 Å². The maximum Gasteiger partial charge on any atom is 0.150 e. The van der Waals surface area contributed by atoms with E-state index in [0.717, 1.165) is 39.4 Å². The van der Waals surface area contributed by atoms with Crippen molar-refractivity contribution in [2.75, 3.05) is 12.8 Å². The number of nitrogen functional groups attached to an aromatic ring is 1. The highest BCUT2D eigenvalue weighted by Crippen LogP contribution is 2.45. The molecule has 1 saturated carbocycles. The number of nitrogens with two attached hydrogens (primary N) is 1. The largest absolute Gasteiger partial charge is 0.399 e. The van der Waals surface area contributed by atoms with Gasteiger partial charge in [0.25, 0.3) is 0 Å². The van der Waals surface area contributed by atoms with Crippen LogP contribution in [-0.2, 0) is 4.84 Å². The zero-order valence-corrected chi connectivity index (χ0v) is 18.1. The van der Waals surface area contributed by atoms with Gasteiger partial charge < -0.3 is 15.7 Å². The van der Waals surface area contributed by atoms with Crippen LogP contribution >= 0.6 is 0 Å². The highest BCUT2D eigenvalue weighted by atomic mass is 16.6. The van der Waals surface area contributed by atoms with Crippen molar-refractivity contribution < 1.29 is 9.94 Å². The summed E-state index contributed by atoms with van der Waals surface area (Å²) in [6.45, 7) is 1.86. The van der Waals surface area contributed by atoms with Crippen LogP contribution in [0.3, 0.4) is 0 Å². The number of fused-ring (bicyclic) bond motifs is 1. The standard InChI is InChI=1S/C25H25N5O2/c1-25(31)14-19(15-25)24-28-21(22-23(26)27-12-13-30(22)24)18-10-8-17(9-11-18)20(29-32-2)16-6-4-3-5-7-16/h3-13,19,31H,14-15H2,1-2H3,(H2,26,27)/b29-20+. The van der Waals surface area contributed by atoms with Crippen LogP contribution in [0, 0.1) is 0 Å². The Morgan fingerprint density at radius 3 is 2.47 bits per heavy atom. The van der Waals surface area contributed by atoms with E-state index in [1.807, 2.05) is 72.1 Å². The van der Waals surface area contributed by atoms with Crippen molar-refractivity contribution in [1.82, 2.24) is 14.4 Å². The van der Waals surface area contributed by atoms with E-state index in [1.165, 1.54) is 0 Å². The van der Waals surface area contributed by atoms with Gasteiger partial charge in [0.1, 0.15) is 35.7 Å². The van der Waals surface area contributed by atoms with Crippen LogP contribution < -0.4 is 5.73 Å². The predicted molar refractivity (Wildman–Crippen MR) is 125 cm³/mol. The summed E-state index contributed by atoms with van der Waals surface area (Å²) in [5, 5.41) is 14.5. The molecular weight excluding hydrogens is 402 g/mol. The molecular formula is C25H25N5O2. The van der Waals surface area contributed by atoms with Gasteiger partial charge in [0, 0.05) is 35.0 Å². The molecule has 0 unspecified atom stereocenters. The first kappa shape index (κ1) is 20.2. The number of aromatic nitrogens is 3. The number of rotatable bonds is 5. The van der Waals surface area contributed by atoms with Crippen molar-refractivity contribution >= 4 is 17.0 Å². The fourth-order valence-corrected chi connectivity index (χ4v) is 4.51. The molecule has 0 saturated heterocycles. The van der Waals surface area contributed by atoms with Crippen molar-refractivity contribution in [3.8, 4) is 11.3 Å². The topological polar surface area (TPSA) is 98.0 Å². The summed E-state index contributed by atoms with van der Waals surface area (Å²) in [5.41, 5.74) is 10.8. The van der Waals surface area contributed by atoms with Gasteiger partial charge in [-0.25, -0.2) is 9.97 Å². The minimum atomic E-state index is -0.634. The second-order valence-electron chi connectivity index (χ2n) is 8.52. The van der Waals surface area contributed by atoms with Crippen LogP contribution in [0.15, 0.2) is 72.1 Å². The molecule has 32 heavy (non-hydrogen) atoms. The van der Waals surface area contributed by atoms with E-state index in [2.05, 4.69) is 10.1 Å². The first-order chi connectivity index (χ1) is 15.5. The SMILES string of the molecule is CO/N=C(\c1ccccc1)c1ccc(-c2nc(C3CC(C)(O)C3)n3ccnc(N)c23)cc1. The van der Waals surface area contributed by atoms with Gasteiger partial charge in [-0.05, 0) is 19.8 Å². The summed E-state index contributed by atoms with van der Waals surface area (Å²) < 4.78 is 2.01. The van der Waals surface area contributed by atoms with Gasteiger partial charge in [0.2, 0.25) is 0 Å². The third-order valence-corrected chi connectivity index (χ3v) is 6.01. The maximum absolute atomic E-state index is 10.2. The average molecular weight is 428 g/mol. The summed E-state index contributed by atoms with van der Waals surface area (Å²) in [7, 11) is 1.55. The van der Waals surface area contributed by atoms with Crippen molar-refractivity contribution in [3.05, 3.63) is 83.9 Å². The summed E-state index contributed by atoms with van der Waals surface area (Å²) in [6.07, 6.45) is 4.93. The van der Waals surface area contributed by atoms with Gasteiger partial charge in [-0.1, -0.05) is 59.8 Å². The molecule has 0 radical (unpaired) electrons. The van der Waals surface area contributed by atoms with Crippen molar-refractivity contribution in [3.63, 3.8) is 0 Å². The average Bonchev–Trinajstić information content (AvgIpc) is 3.17. The molecule has 0 spiro atoms. The van der Waals surface area contributed by atoms with Crippen LogP contribution in [0.1, 0.15) is 42.6 Å². The summed E-state index contributed by atoms with van der Waals surface area (Å²) in [4.78, 5) is 14.3. The Balaban J connectivity index is 1.56. The first-order valence-electron chi connectivity index (χ1n) is 10.6. The molecule has 7 nitrogen and oxygen atoms in total. The molecule has 1 aliphatic carbocycles. The number of imidazole rings is 1. The number of oxime groups is 1. The normalized spacial score (nSPS) is 20.8. The molecule has 0 aliphatic heterocycles. The third kappa shape index (κ3) is 3.50. The first-order valence-corrected chi connectivity index (χ1v) is 10.6. The minimum absolute atomic E-state index is 0.186. The molecule has 2 aromatic heterocycles. The minimum Gasteiger partial charge on any atom is -0.399 e. The second-order valence-corrected chi connectivity index (χ2v) is 8.52. The zero-order chi connectivity index (χ0) is 22.3. The van der Waals surface area contributed by atoms with E-state index in [1.54, 1.807) is 13.3 Å². The number of hydrogen-bond acceptors (Lipinski definition) is 6. The van der Waals surface area contributed by atoms with Gasteiger partial charge >= 0.3 is 0 Å². The summed E-state index contributed by atoms with van der Waals surface area (Å²) in [6, 6.07) is 18.0. The summed E-state index contributed by atoms with van der Waals surface area (Å²) >= 11 is 0. The molecule has 0 bridgehead atoms. The maximum atomic E-state index is 10.2. The van der Waals surface area contributed by atoms with Crippen LogP contribution in [-0.4, -0.2) is 37.9 Å². The van der Waals surface area contributed by atoms with E-state index >= 15 is 0 Å². The monoisotopic (exact) mass is 427 g/mol. The third-order valence-electron chi connectivity index (χ3n) is 6.01. The second kappa shape index (κ2) is 7.76. The molecule has 162 valence electrons. The smallest absolute Gasteiger partial charge is 0.150 e. The molecule has 7 heteroatoms. The van der Waals surface area contributed by atoms with Gasteiger partial charge in [-0.2, -0.15) is 0 Å². The fourth-order valence-electron chi connectivity index (χ4n) is 4.51. The molecule has 2 heterocycles. The van der Waals surface area contributed by atoms with Crippen molar-refractivity contribution in [1.29, 1.82) is 0 Å². The molecule has 5 rings (SSSR count). The van der Waals surface area contributed by atoms with E-state index < -0.39 is 5.60 Å². The van der Waals surface area contributed by atoms with Gasteiger partial charge in [0.05, 0.1) is 5.60 Å². The van der Waals surface area contributed by atoms with Crippen LogP contribution in [0.25, 0.3) is 16.8 Å². The van der Waals surface area contributed by atoms with Gasteiger partial charge in [-0.15, -0.1) is 0 Å². The van der Waals surface area contributed by atoms with E-state index in [4.69, 9.17) is 15.6 Å². The molecule has 0 atom stereocenters. The lowest BCUT2D eigenvalue weighted by molar-refractivity contribution is -0.0335. The molecule has 0 amide bonds.